The number of amides is 4. The van der Waals surface area contributed by atoms with Crippen molar-refractivity contribution in [3.05, 3.63) is 90.0 Å². The van der Waals surface area contributed by atoms with Crippen molar-refractivity contribution in [1.29, 1.82) is 0 Å². The number of rotatable bonds is 7. The van der Waals surface area contributed by atoms with Crippen LogP contribution in [0.2, 0.25) is 0 Å². The highest BCUT2D eigenvalue weighted by Gasteiger charge is 2.46. The Hall–Kier alpha value is -4.13. The number of benzene rings is 3. The summed E-state index contributed by atoms with van der Waals surface area (Å²) in [4.78, 5) is 42.0. The quantitative estimate of drug-likeness (QED) is 0.550. The van der Waals surface area contributed by atoms with Crippen LogP contribution in [0.15, 0.2) is 78.9 Å². The molecule has 0 saturated carbocycles. The number of nitrogens with one attached hydrogen (secondary N) is 1. The molecule has 7 nitrogen and oxygen atoms in total. The van der Waals surface area contributed by atoms with Gasteiger partial charge in [0.2, 0.25) is 5.91 Å². The normalized spacial score (nSPS) is 15.6. The average Bonchev–Trinajstić information content (AvgIpc) is 3.05. The first-order valence-electron chi connectivity index (χ1n) is 10.7. The Bertz CT molecular complexity index is 1140. The van der Waals surface area contributed by atoms with E-state index in [2.05, 4.69) is 5.32 Å². The second kappa shape index (κ2) is 9.56. The van der Waals surface area contributed by atoms with E-state index in [9.17, 15) is 14.4 Å². The van der Waals surface area contributed by atoms with Gasteiger partial charge in [-0.2, -0.15) is 0 Å². The predicted molar refractivity (Wildman–Crippen MR) is 126 cm³/mol. The first-order chi connectivity index (χ1) is 16.0. The fraction of sp³-hybridized carbons (Fsp3) is 0.192. The predicted octanol–water partition coefficient (Wildman–Crippen LogP) is 4.37. The minimum atomic E-state index is -0.905. The minimum absolute atomic E-state index is 0.147. The Morgan fingerprint density at radius 3 is 2.24 bits per heavy atom. The molecule has 33 heavy (non-hydrogen) atoms. The molecule has 1 aliphatic rings. The van der Waals surface area contributed by atoms with Crippen LogP contribution in [-0.2, 0) is 16.1 Å². The van der Waals surface area contributed by atoms with Gasteiger partial charge in [0.05, 0.1) is 19.2 Å². The summed E-state index contributed by atoms with van der Waals surface area (Å²) in [5.74, 6) is -0.0920. The molecule has 0 aliphatic carbocycles. The molecule has 1 N–H and O–H groups in total. The number of carbonyl (C=O) groups is 3. The first kappa shape index (κ1) is 22.1. The number of nitrogens with zero attached hydrogens (tertiary/aromatic N) is 2. The third kappa shape index (κ3) is 4.87. The third-order valence-electron chi connectivity index (χ3n) is 5.56. The van der Waals surface area contributed by atoms with Crippen molar-refractivity contribution in [3.63, 3.8) is 0 Å². The molecule has 1 unspecified atom stereocenters. The summed E-state index contributed by atoms with van der Waals surface area (Å²) in [5, 5.41) is 2.80. The van der Waals surface area contributed by atoms with Crippen molar-refractivity contribution in [1.82, 2.24) is 4.90 Å². The highest BCUT2D eigenvalue weighted by Crippen LogP contribution is 2.28. The Balaban J connectivity index is 1.57. The fourth-order valence-electron chi connectivity index (χ4n) is 3.78. The Morgan fingerprint density at radius 2 is 1.61 bits per heavy atom. The van der Waals surface area contributed by atoms with Crippen molar-refractivity contribution in [3.8, 4) is 5.75 Å². The van der Waals surface area contributed by atoms with Crippen LogP contribution < -0.4 is 15.0 Å². The summed E-state index contributed by atoms with van der Waals surface area (Å²) in [5.41, 5.74) is 3.06. The molecule has 3 aromatic carbocycles. The van der Waals surface area contributed by atoms with Gasteiger partial charge in [0.15, 0.2) is 0 Å². The summed E-state index contributed by atoms with van der Waals surface area (Å²) >= 11 is 0. The van der Waals surface area contributed by atoms with Crippen LogP contribution in [0.3, 0.4) is 0 Å². The largest absolute Gasteiger partial charge is 0.497 e. The van der Waals surface area contributed by atoms with E-state index in [1.807, 2.05) is 37.3 Å². The van der Waals surface area contributed by atoms with E-state index in [1.54, 1.807) is 55.6 Å². The van der Waals surface area contributed by atoms with Crippen molar-refractivity contribution < 1.29 is 19.1 Å². The van der Waals surface area contributed by atoms with Crippen LogP contribution in [0.4, 0.5) is 16.2 Å². The van der Waals surface area contributed by atoms with Gasteiger partial charge in [-0.1, -0.05) is 48.0 Å². The number of carbonyl (C=O) groups excluding carboxylic acids is 3. The minimum Gasteiger partial charge on any atom is -0.497 e. The van der Waals surface area contributed by atoms with E-state index in [1.165, 1.54) is 4.90 Å². The van der Waals surface area contributed by atoms with Crippen molar-refractivity contribution in [2.24, 2.45) is 0 Å². The highest BCUT2D eigenvalue weighted by atomic mass is 16.5. The molecule has 168 valence electrons. The van der Waals surface area contributed by atoms with Crippen molar-refractivity contribution in [2.45, 2.75) is 25.9 Å². The molecule has 0 spiro atoms. The van der Waals surface area contributed by atoms with Gasteiger partial charge < -0.3 is 15.0 Å². The lowest BCUT2D eigenvalue weighted by molar-refractivity contribution is -0.124. The maximum absolute atomic E-state index is 13.3. The van der Waals surface area contributed by atoms with Crippen LogP contribution in [0.1, 0.15) is 17.5 Å². The maximum Gasteiger partial charge on any atom is 0.332 e. The summed E-state index contributed by atoms with van der Waals surface area (Å²) in [6, 6.07) is 22.1. The standard InChI is InChI=1S/C26H25N3O4/c1-18-8-10-19(11-9-18)17-28-23(16-24(30)27-20-12-14-22(33-2)15-13-20)25(31)29(26(28)32)21-6-4-3-5-7-21/h3-15,23H,16-17H2,1-2H3,(H,27,30). The second-order valence-corrected chi connectivity index (χ2v) is 7.90. The van der Waals surface area contributed by atoms with E-state index in [-0.39, 0.29) is 18.9 Å². The molecule has 1 saturated heterocycles. The molecule has 0 bridgehead atoms. The molecule has 7 heteroatoms. The number of methoxy groups -OCH3 is 1. The average molecular weight is 444 g/mol. The van der Waals surface area contributed by atoms with E-state index in [4.69, 9.17) is 4.74 Å². The van der Waals surface area contributed by atoms with E-state index >= 15 is 0 Å². The molecule has 1 fully saturated rings. The summed E-state index contributed by atoms with van der Waals surface area (Å²) in [6.07, 6.45) is -0.147. The van der Waals surface area contributed by atoms with Gasteiger partial charge >= 0.3 is 6.03 Å². The van der Waals surface area contributed by atoms with E-state index in [0.717, 1.165) is 16.0 Å². The molecule has 0 radical (unpaired) electrons. The first-order valence-corrected chi connectivity index (χ1v) is 10.7. The Kier molecular flexibility index (Phi) is 6.40. The van der Waals surface area contributed by atoms with Crippen LogP contribution >= 0.6 is 0 Å². The third-order valence-corrected chi connectivity index (χ3v) is 5.56. The number of imide groups is 1. The highest BCUT2D eigenvalue weighted by molar-refractivity contribution is 6.22. The van der Waals surface area contributed by atoms with Crippen LogP contribution in [0.25, 0.3) is 0 Å². The van der Waals surface area contributed by atoms with E-state index in [0.29, 0.717) is 17.1 Å². The van der Waals surface area contributed by atoms with Crippen molar-refractivity contribution >= 4 is 29.2 Å². The zero-order valence-electron chi connectivity index (χ0n) is 18.5. The van der Waals surface area contributed by atoms with Crippen LogP contribution in [-0.4, -0.2) is 35.9 Å². The van der Waals surface area contributed by atoms with Crippen molar-refractivity contribution in [2.75, 3.05) is 17.3 Å². The summed E-state index contributed by atoms with van der Waals surface area (Å²) < 4.78 is 5.13. The maximum atomic E-state index is 13.3. The van der Waals surface area contributed by atoms with Gasteiger partial charge in [0.25, 0.3) is 5.91 Å². The van der Waals surface area contributed by atoms with Crippen LogP contribution in [0.5, 0.6) is 5.75 Å². The number of ether oxygens (including phenoxy) is 1. The zero-order valence-corrected chi connectivity index (χ0v) is 18.5. The molecular formula is C26H25N3O4. The molecule has 1 heterocycles. The van der Waals surface area contributed by atoms with Gasteiger partial charge in [-0.15, -0.1) is 0 Å². The number of anilines is 2. The lowest BCUT2D eigenvalue weighted by Gasteiger charge is -2.22. The molecule has 4 amide bonds. The number of urea groups is 1. The van der Waals surface area contributed by atoms with Gasteiger partial charge in [-0.3, -0.25) is 9.59 Å². The smallest absolute Gasteiger partial charge is 0.332 e. The summed E-state index contributed by atoms with van der Waals surface area (Å²) in [7, 11) is 1.57. The number of hydrogen-bond donors (Lipinski definition) is 1. The molecule has 1 atom stereocenters. The van der Waals surface area contributed by atoms with Gasteiger partial charge in [0, 0.05) is 12.2 Å². The monoisotopic (exact) mass is 443 g/mol. The molecule has 0 aromatic heterocycles. The SMILES string of the molecule is COc1ccc(NC(=O)CC2C(=O)N(c3ccccc3)C(=O)N2Cc2ccc(C)cc2)cc1. The molecule has 3 aromatic rings. The van der Waals surface area contributed by atoms with Gasteiger partial charge in [-0.25, -0.2) is 9.69 Å². The second-order valence-electron chi connectivity index (χ2n) is 7.90. The lowest BCUT2D eigenvalue weighted by atomic mass is 10.1. The lowest BCUT2D eigenvalue weighted by Crippen LogP contribution is -2.37. The Morgan fingerprint density at radius 1 is 0.939 bits per heavy atom. The zero-order chi connectivity index (χ0) is 23.4. The van der Waals surface area contributed by atoms with Crippen LogP contribution in [0, 0.1) is 6.92 Å². The fourth-order valence-corrected chi connectivity index (χ4v) is 3.78. The molecular weight excluding hydrogens is 418 g/mol. The topological polar surface area (TPSA) is 79.0 Å². The molecule has 4 rings (SSSR count). The number of para-hydroxylation sites is 1. The number of aryl methyl sites for hydroxylation is 1. The Labute approximate surface area is 192 Å². The van der Waals surface area contributed by atoms with Gasteiger partial charge in [-0.05, 0) is 48.9 Å². The number of hydrogen-bond acceptors (Lipinski definition) is 4. The molecule has 1 aliphatic heterocycles. The van der Waals surface area contributed by atoms with Gasteiger partial charge in [0.1, 0.15) is 11.8 Å². The van der Waals surface area contributed by atoms with E-state index < -0.39 is 18.0 Å². The summed E-state index contributed by atoms with van der Waals surface area (Å²) in [6.45, 7) is 2.21.